The van der Waals surface area contributed by atoms with E-state index in [-0.39, 0.29) is 60.9 Å². The number of anilines is 8. The highest BCUT2D eigenvalue weighted by atomic mass is 16.3. The van der Waals surface area contributed by atoms with Gasteiger partial charge in [-0.1, -0.05) is 182 Å². The minimum absolute atomic E-state index is 0.00437. The van der Waals surface area contributed by atoms with E-state index in [2.05, 4.69) is 244 Å². The van der Waals surface area contributed by atoms with Crippen LogP contribution in [0.15, 0.2) is 95.4 Å². The highest BCUT2D eigenvalue weighted by Crippen LogP contribution is 2.58. The smallest absolute Gasteiger partial charge is 0.297 e. The van der Waals surface area contributed by atoms with Crippen LogP contribution in [0.3, 0.4) is 0 Å². The fourth-order valence-electron chi connectivity index (χ4n) is 19.3. The molecule has 466 valence electrons. The largest absolute Gasteiger partial charge is 0.468 e. The van der Waals surface area contributed by atoms with Crippen molar-refractivity contribution in [3.63, 3.8) is 0 Å². The Bertz CT molecular complexity index is 4120. The molecule has 0 radical (unpaired) electrons. The lowest BCUT2D eigenvalue weighted by Gasteiger charge is -2.48. The average molecular weight is 1180 g/mol. The highest BCUT2D eigenvalue weighted by Gasteiger charge is 2.52. The van der Waals surface area contributed by atoms with Crippen LogP contribution >= 0.6 is 0 Å². The predicted molar refractivity (Wildman–Crippen MR) is 382 cm³/mol. The molecule has 1 aromatic heterocycles. The van der Waals surface area contributed by atoms with Crippen molar-refractivity contribution in [2.24, 2.45) is 0 Å². The molecular formula is C84H106BN3O. The lowest BCUT2D eigenvalue weighted by atomic mass is 9.35. The minimum atomic E-state index is -0.168. The van der Waals surface area contributed by atoms with Gasteiger partial charge < -0.3 is 19.1 Å². The molecule has 3 heterocycles. The van der Waals surface area contributed by atoms with E-state index in [0.717, 1.165) is 49.8 Å². The molecule has 0 atom stereocenters. The van der Waals surface area contributed by atoms with Crippen molar-refractivity contribution < 1.29 is 4.42 Å². The van der Waals surface area contributed by atoms with Gasteiger partial charge in [-0.3, -0.25) is 0 Å². The Balaban J connectivity index is 1.11. The fourth-order valence-corrected chi connectivity index (χ4v) is 19.3. The lowest BCUT2D eigenvalue weighted by molar-refractivity contribution is 0.332. The number of nitrogens with zero attached hydrogens (tertiary/aromatic N) is 3. The van der Waals surface area contributed by atoms with Gasteiger partial charge in [-0.2, -0.15) is 0 Å². The molecule has 8 aliphatic rings. The minimum Gasteiger partial charge on any atom is -0.468 e. The van der Waals surface area contributed by atoms with Crippen LogP contribution in [0.25, 0.3) is 11.0 Å². The van der Waals surface area contributed by atoms with E-state index in [4.69, 9.17) is 4.42 Å². The third-order valence-electron chi connectivity index (χ3n) is 26.1. The maximum atomic E-state index is 8.03. The maximum absolute atomic E-state index is 8.03. The molecule has 0 saturated heterocycles. The summed E-state index contributed by atoms with van der Waals surface area (Å²) in [6.07, 6.45) is 17.8. The molecular weight excluding hydrogens is 1080 g/mol. The molecule has 2 aliphatic heterocycles. The Morgan fingerprint density at radius 3 is 1.22 bits per heavy atom. The number of hydrogen-bond acceptors (Lipinski definition) is 4. The van der Waals surface area contributed by atoms with E-state index in [0.29, 0.717) is 6.04 Å². The van der Waals surface area contributed by atoms with Gasteiger partial charge in [0.2, 0.25) is 0 Å². The first kappa shape index (κ1) is 59.6. The van der Waals surface area contributed by atoms with Crippen molar-refractivity contribution in [1.29, 1.82) is 0 Å². The molecule has 5 heteroatoms. The summed E-state index contributed by atoms with van der Waals surface area (Å²) in [5.74, 6) is 0. The molecule has 6 aromatic carbocycles. The second-order valence-corrected chi connectivity index (χ2v) is 36.9. The van der Waals surface area contributed by atoms with Crippen molar-refractivity contribution in [2.45, 2.75) is 295 Å². The third kappa shape index (κ3) is 8.90. The number of fused-ring (bicyclic) bond motifs is 11. The molecule has 1 fully saturated rings. The summed E-state index contributed by atoms with van der Waals surface area (Å²) < 4.78 is 8.03. The van der Waals surface area contributed by atoms with E-state index in [1.807, 2.05) is 0 Å². The number of rotatable bonds is 5. The standard InChI is InChI=1S/C84H106BN3O/c1-75(2)32-35-78(7,8)60-42-52(26-29-57(60)75)86(51-24-22-21-23-25-51)55-45-69-72-70(46-55)88(54-28-31-59-62(44-54)80(11,12)37-34-77(59,5)6)73-56-47-63-66(84(19,20)41-38-81(63,13)14)50-71(56)89-74(73)85(72)67-48-64-65(83(17,18)40-39-82(64,15)16)49-68(67)87(69)53-27-30-58-61(43-53)79(9,10)36-33-76(58,3)4/h26-31,42-51H,21-25,32-41H2,1-20H3. The van der Waals surface area contributed by atoms with Gasteiger partial charge in [-0.25, -0.2) is 0 Å². The Kier molecular flexibility index (Phi) is 12.7. The van der Waals surface area contributed by atoms with E-state index in [1.54, 1.807) is 0 Å². The molecule has 4 nitrogen and oxygen atoms in total. The van der Waals surface area contributed by atoms with Crippen LogP contribution in [0.4, 0.5) is 45.5 Å². The van der Waals surface area contributed by atoms with Gasteiger partial charge in [-0.15, -0.1) is 0 Å². The summed E-state index contributed by atoms with van der Waals surface area (Å²) >= 11 is 0. The van der Waals surface area contributed by atoms with Crippen molar-refractivity contribution in [3.8, 4) is 0 Å². The SMILES string of the molecule is CC1(C)CCC(C)(C)c2cc(N3c4cc5c(cc4B4c6oc7cc8c(cc7c6N(c6ccc7c(c6)C(C)(C)CCC7(C)C)c6cc(N(c7ccc9c(c7)C(C)(C)CCC9(C)C)C7CCCCC7)cc3c64)C(C)(C)CCC8(C)C)C(C)(C)CCC5(C)C)ccc21. The van der Waals surface area contributed by atoms with Gasteiger partial charge in [0, 0.05) is 51.2 Å². The van der Waals surface area contributed by atoms with Crippen LogP contribution in [0.5, 0.6) is 0 Å². The maximum Gasteiger partial charge on any atom is 0.297 e. The van der Waals surface area contributed by atoms with E-state index >= 15 is 0 Å². The first-order chi connectivity index (χ1) is 41.5. The van der Waals surface area contributed by atoms with E-state index in [9.17, 15) is 0 Å². The zero-order chi connectivity index (χ0) is 63.1. The van der Waals surface area contributed by atoms with Gasteiger partial charge in [0.1, 0.15) is 5.58 Å². The molecule has 89 heavy (non-hydrogen) atoms. The summed E-state index contributed by atoms with van der Waals surface area (Å²) in [5, 5.41) is 1.24. The molecule has 0 bridgehead atoms. The zero-order valence-corrected chi connectivity index (χ0v) is 58.7. The number of hydrogen-bond donors (Lipinski definition) is 0. The highest BCUT2D eigenvalue weighted by molar-refractivity contribution is 7.00. The Morgan fingerprint density at radius 1 is 0.360 bits per heavy atom. The van der Waals surface area contributed by atoms with Crippen LogP contribution < -0.4 is 31.3 Å². The van der Waals surface area contributed by atoms with Crippen LogP contribution in [0.1, 0.15) is 290 Å². The molecule has 0 amide bonds. The average Bonchev–Trinajstić information content (AvgIpc) is 1.68. The number of benzene rings is 6. The van der Waals surface area contributed by atoms with Crippen LogP contribution in [0, 0.1) is 0 Å². The molecule has 7 aromatic rings. The normalized spacial score (nSPS) is 23.6. The molecule has 1 saturated carbocycles. The van der Waals surface area contributed by atoms with Gasteiger partial charge >= 0.3 is 0 Å². The van der Waals surface area contributed by atoms with Crippen LogP contribution in [0.2, 0.25) is 0 Å². The predicted octanol–water partition coefficient (Wildman–Crippen LogP) is 21.7. The lowest BCUT2D eigenvalue weighted by Crippen LogP contribution is -2.61. The molecule has 15 rings (SSSR count). The monoisotopic (exact) mass is 1180 g/mol. The molecule has 6 aliphatic carbocycles. The van der Waals surface area contributed by atoms with Crippen molar-refractivity contribution in [2.75, 3.05) is 14.7 Å². The van der Waals surface area contributed by atoms with E-state index in [1.165, 1.54) is 175 Å². The zero-order valence-electron chi connectivity index (χ0n) is 58.7. The first-order valence-electron chi connectivity index (χ1n) is 35.4. The van der Waals surface area contributed by atoms with Crippen molar-refractivity contribution in [3.05, 3.63) is 147 Å². The van der Waals surface area contributed by atoms with Gasteiger partial charge in [-0.05, 0) is 264 Å². The second kappa shape index (κ2) is 19.0. The summed E-state index contributed by atoms with van der Waals surface area (Å²) in [4.78, 5) is 8.46. The van der Waals surface area contributed by atoms with Crippen molar-refractivity contribution >= 4 is 79.8 Å². The van der Waals surface area contributed by atoms with Gasteiger partial charge in [0.05, 0.1) is 11.3 Å². The Morgan fingerprint density at radius 2 is 0.742 bits per heavy atom. The topological polar surface area (TPSA) is 22.9 Å². The van der Waals surface area contributed by atoms with Gasteiger partial charge in [0.25, 0.3) is 6.71 Å². The summed E-state index contributed by atoms with van der Waals surface area (Å²) in [5.41, 5.74) is 30.4. The molecule has 0 N–H and O–H groups in total. The van der Waals surface area contributed by atoms with Crippen LogP contribution in [-0.4, -0.2) is 12.8 Å². The summed E-state index contributed by atoms with van der Waals surface area (Å²) in [7, 11) is 0. The first-order valence-corrected chi connectivity index (χ1v) is 35.4. The quantitative estimate of drug-likeness (QED) is 0.160. The van der Waals surface area contributed by atoms with Crippen LogP contribution in [-0.2, 0) is 54.1 Å². The molecule has 0 unspecified atom stereocenters. The Hall–Kier alpha value is -5.68. The second-order valence-electron chi connectivity index (χ2n) is 36.9. The summed E-state index contributed by atoms with van der Waals surface area (Å²) in [6, 6.07) is 39.6. The van der Waals surface area contributed by atoms with Crippen molar-refractivity contribution in [1.82, 2.24) is 0 Å². The molecule has 0 spiro atoms. The third-order valence-corrected chi connectivity index (χ3v) is 26.1. The van der Waals surface area contributed by atoms with E-state index < -0.39 is 0 Å². The Labute approximate surface area is 537 Å². The number of furan rings is 1. The summed E-state index contributed by atoms with van der Waals surface area (Å²) in [6.45, 7) is 49.9. The van der Waals surface area contributed by atoms with Gasteiger partial charge in [0.15, 0.2) is 0 Å². The fraction of sp³-hybridized carbons (Fsp3) is 0.548.